The zero-order valence-corrected chi connectivity index (χ0v) is 11.0. The van der Waals surface area contributed by atoms with Crippen LogP contribution in [0.25, 0.3) is 0 Å². The van der Waals surface area contributed by atoms with Crippen molar-refractivity contribution in [1.82, 2.24) is 4.72 Å². The highest BCUT2D eigenvalue weighted by molar-refractivity contribution is 9.10. The van der Waals surface area contributed by atoms with Crippen LogP contribution in [-0.4, -0.2) is 15.0 Å². The fourth-order valence-electron chi connectivity index (χ4n) is 1.31. The topological polar surface area (TPSA) is 85.3 Å². The monoisotopic (exact) mass is 308 g/mol. The van der Waals surface area contributed by atoms with Crippen LogP contribution in [-0.2, 0) is 16.6 Å². The number of nitrogens with one attached hydrogen (secondary N) is 1. The largest absolute Gasteiger partial charge is 0.452 e. The van der Waals surface area contributed by atoms with Gasteiger partial charge in [-0.05, 0) is 34.7 Å². The third kappa shape index (κ3) is 2.65. The van der Waals surface area contributed by atoms with Crippen molar-refractivity contribution in [3.05, 3.63) is 16.5 Å². The van der Waals surface area contributed by atoms with E-state index in [1.807, 2.05) is 0 Å². The molecule has 0 unspecified atom stereocenters. The highest BCUT2D eigenvalue weighted by atomic mass is 79.9. The zero-order valence-electron chi connectivity index (χ0n) is 8.57. The van der Waals surface area contributed by atoms with Crippen molar-refractivity contribution >= 4 is 26.0 Å². The van der Waals surface area contributed by atoms with E-state index < -0.39 is 10.0 Å². The molecule has 0 saturated heterocycles. The summed E-state index contributed by atoms with van der Waals surface area (Å²) >= 11 is 3.08. The van der Waals surface area contributed by atoms with Crippen LogP contribution in [0.3, 0.4) is 0 Å². The van der Waals surface area contributed by atoms with Gasteiger partial charge in [0.25, 0.3) is 0 Å². The van der Waals surface area contributed by atoms with Gasteiger partial charge in [-0.25, -0.2) is 13.1 Å². The van der Waals surface area contributed by atoms with Crippen molar-refractivity contribution in [2.75, 3.05) is 6.54 Å². The summed E-state index contributed by atoms with van der Waals surface area (Å²) in [5.74, 6) is 0.938. The third-order valence-electron chi connectivity index (χ3n) is 2.46. The van der Waals surface area contributed by atoms with Gasteiger partial charge in [0, 0.05) is 12.6 Å². The number of hydrogen-bond donors (Lipinski definition) is 2. The summed E-state index contributed by atoms with van der Waals surface area (Å²) in [5, 5.41) is 0. The van der Waals surface area contributed by atoms with E-state index in [4.69, 9.17) is 10.2 Å². The average molecular weight is 309 g/mol. The van der Waals surface area contributed by atoms with Crippen molar-refractivity contribution in [2.45, 2.75) is 24.3 Å². The number of nitrogens with two attached hydrogens (primary N) is 1. The van der Waals surface area contributed by atoms with Crippen molar-refractivity contribution in [1.29, 1.82) is 0 Å². The molecule has 1 aromatic rings. The molecule has 3 N–H and O–H groups in total. The second kappa shape index (κ2) is 4.48. The Bertz CT molecular complexity index is 479. The molecule has 16 heavy (non-hydrogen) atoms. The van der Waals surface area contributed by atoms with E-state index in [-0.39, 0.29) is 16.1 Å². The third-order valence-corrected chi connectivity index (χ3v) is 4.74. The molecular formula is C9H13BrN2O3S. The lowest BCUT2D eigenvalue weighted by Crippen LogP contribution is -2.25. The number of hydrogen-bond acceptors (Lipinski definition) is 4. The number of sulfonamides is 1. The molecule has 0 spiro atoms. The summed E-state index contributed by atoms with van der Waals surface area (Å²) < 4.78 is 31.7. The van der Waals surface area contributed by atoms with Gasteiger partial charge in [0.1, 0.15) is 10.7 Å². The average Bonchev–Trinajstić information content (AvgIpc) is 2.98. The summed E-state index contributed by atoms with van der Waals surface area (Å²) in [6.07, 6.45) is 2.20. The fourth-order valence-corrected chi connectivity index (χ4v) is 3.42. The van der Waals surface area contributed by atoms with Crippen molar-refractivity contribution in [2.24, 2.45) is 11.7 Å². The van der Waals surface area contributed by atoms with Crippen LogP contribution in [0, 0.1) is 5.92 Å². The molecule has 0 aromatic carbocycles. The van der Waals surface area contributed by atoms with Gasteiger partial charge in [-0.15, -0.1) is 0 Å². The van der Waals surface area contributed by atoms with Gasteiger partial charge in [-0.3, -0.25) is 0 Å². The van der Waals surface area contributed by atoms with E-state index in [1.54, 1.807) is 0 Å². The molecule has 0 bridgehead atoms. The smallest absolute Gasteiger partial charge is 0.244 e. The Kier molecular flexibility index (Phi) is 3.39. The molecule has 1 fully saturated rings. The number of rotatable bonds is 5. The van der Waals surface area contributed by atoms with Crippen LogP contribution in [0.1, 0.15) is 18.6 Å². The lowest BCUT2D eigenvalue weighted by molar-refractivity contribution is 0.483. The van der Waals surface area contributed by atoms with E-state index in [2.05, 4.69) is 20.7 Å². The maximum Gasteiger partial charge on any atom is 0.244 e. The van der Waals surface area contributed by atoms with E-state index in [9.17, 15) is 8.42 Å². The molecule has 0 amide bonds. The van der Waals surface area contributed by atoms with E-state index in [1.165, 1.54) is 6.07 Å². The lowest BCUT2D eigenvalue weighted by Gasteiger charge is -2.03. The standard InChI is InChI=1S/C9H13BrN2O3S/c10-9-8(3-7(4-11)15-9)16(13,14)12-5-6-1-2-6/h3,6,12H,1-2,4-5,11H2. The van der Waals surface area contributed by atoms with Crippen LogP contribution in [0.15, 0.2) is 20.0 Å². The maximum atomic E-state index is 11.9. The van der Waals surface area contributed by atoms with Gasteiger partial charge in [0.15, 0.2) is 4.67 Å². The minimum atomic E-state index is -3.48. The summed E-state index contributed by atoms with van der Waals surface area (Å²) in [6.45, 7) is 0.675. The van der Waals surface area contributed by atoms with Crippen molar-refractivity contribution in [3.63, 3.8) is 0 Å². The SMILES string of the molecule is NCc1cc(S(=O)(=O)NCC2CC2)c(Br)o1. The van der Waals surface area contributed by atoms with Gasteiger partial charge >= 0.3 is 0 Å². The van der Waals surface area contributed by atoms with Gasteiger partial charge in [-0.1, -0.05) is 0 Å². The Balaban J connectivity index is 2.16. The quantitative estimate of drug-likeness (QED) is 0.855. The first kappa shape index (κ1) is 12.1. The molecule has 1 heterocycles. The first-order valence-corrected chi connectivity index (χ1v) is 7.28. The van der Waals surface area contributed by atoms with Crippen LogP contribution in [0.5, 0.6) is 0 Å². The Labute approximate surface area is 103 Å². The van der Waals surface area contributed by atoms with Gasteiger partial charge in [0.05, 0.1) is 6.54 Å². The summed E-state index contributed by atoms with van der Waals surface area (Å²) in [5.41, 5.74) is 5.38. The Morgan fingerprint density at radius 1 is 1.56 bits per heavy atom. The first-order chi connectivity index (χ1) is 7.53. The summed E-state index contributed by atoms with van der Waals surface area (Å²) in [6, 6.07) is 1.44. The summed E-state index contributed by atoms with van der Waals surface area (Å²) in [7, 11) is -3.48. The maximum absolute atomic E-state index is 11.9. The molecular weight excluding hydrogens is 296 g/mol. The molecule has 1 aliphatic carbocycles. The Hall–Kier alpha value is -0.370. The van der Waals surface area contributed by atoms with Gasteiger partial charge in [-0.2, -0.15) is 0 Å². The lowest BCUT2D eigenvalue weighted by atomic mass is 10.4. The second-order valence-electron chi connectivity index (χ2n) is 3.85. The minimum absolute atomic E-state index is 0.119. The van der Waals surface area contributed by atoms with Gasteiger partial charge < -0.3 is 10.2 Å². The molecule has 90 valence electrons. The molecule has 0 radical (unpaired) electrons. The van der Waals surface area contributed by atoms with Crippen LogP contribution in [0.2, 0.25) is 0 Å². The van der Waals surface area contributed by atoms with E-state index in [0.717, 1.165) is 12.8 Å². The number of halogens is 1. The molecule has 1 saturated carbocycles. The predicted octanol–water partition coefficient (Wildman–Crippen LogP) is 1.19. The van der Waals surface area contributed by atoms with E-state index in [0.29, 0.717) is 18.2 Å². The van der Waals surface area contributed by atoms with Gasteiger partial charge in [0.2, 0.25) is 10.0 Å². The number of furan rings is 1. The zero-order chi connectivity index (χ0) is 11.8. The van der Waals surface area contributed by atoms with Crippen LogP contribution in [0.4, 0.5) is 0 Å². The molecule has 0 aliphatic heterocycles. The highest BCUT2D eigenvalue weighted by Crippen LogP contribution is 2.29. The van der Waals surface area contributed by atoms with Crippen molar-refractivity contribution < 1.29 is 12.8 Å². The normalized spacial score (nSPS) is 16.6. The molecule has 5 nitrogen and oxygen atoms in total. The van der Waals surface area contributed by atoms with Crippen molar-refractivity contribution in [3.8, 4) is 0 Å². The second-order valence-corrected chi connectivity index (χ2v) is 6.31. The Morgan fingerprint density at radius 2 is 2.25 bits per heavy atom. The minimum Gasteiger partial charge on any atom is -0.452 e. The Morgan fingerprint density at radius 3 is 2.75 bits per heavy atom. The van der Waals surface area contributed by atoms with Crippen LogP contribution < -0.4 is 10.5 Å². The fraction of sp³-hybridized carbons (Fsp3) is 0.556. The molecule has 0 atom stereocenters. The van der Waals surface area contributed by atoms with E-state index >= 15 is 0 Å². The highest BCUT2D eigenvalue weighted by Gasteiger charge is 2.26. The molecule has 1 aromatic heterocycles. The molecule has 7 heteroatoms. The van der Waals surface area contributed by atoms with Crippen LogP contribution >= 0.6 is 15.9 Å². The first-order valence-electron chi connectivity index (χ1n) is 5.01. The molecule has 1 aliphatic rings. The predicted molar refractivity (Wildman–Crippen MR) is 62.2 cm³/mol. The summed E-state index contributed by atoms with van der Waals surface area (Å²) in [4.78, 5) is 0.119. The molecule has 2 rings (SSSR count).